The van der Waals surface area contributed by atoms with Crippen molar-refractivity contribution in [2.45, 2.75) is 38.9 Å². The Balaban J connectivity index is 1.58. The van der Waals surface area contributed by atoms with Crippen LogP contribution in [-0.4, -0.2) is 50.4 Å². The summed E-state index contributed by atoms with van der Waals surface area (Å²) < 4.78 is 0. The molecular weight excluding hydrogens is 334 g/mol. The average Bonchev–Trinajstić information content (AvgIpc) is 3.16. The second kappa shape index (κ2) is 8.55. The smallest absolute Gasteiger partial charge is 0.0931 e. The monoisotopic (exact) mass is 361 g/mol. The molecule has 0 N–H and O–H groups in total. The molecule has 1 saturated heterocycles. The zero-order chi connectivity index (χ0) is 18.5. The first-order chi connectivity index (χ1) is 13.3. The fourth-order valence-corrected chi connectivity index (χ4v) is 4.17. The van der Waals surface area contributed by atoms with E-state index >= 15 is 0 Å². The normalized spacial score (nSPS) is 17.8. The van der Waals surface area contributed by atoms with Crippen LogP contribution >= 0.6 is 0 Å². The number of nitrogens with zero attached hydrogens (tertiary/aromatic N) is 5. The van der Waals surface area contributed by atoms with Gasteiger partial charge in [-0.05, 0) is 49.2 Å². The molecular formula is C22H27N5. The summed E-state index contributed by atoms with van der Waals surface area (Å²) in [5, 5.41) is 0. The van der Waals surface area contributed by atoms with Gasteiger partial charge in [-0.15, -0.1) is 0 Å². The van der Waals surface area contributed by atoms with Gasteiger partial charge in [0.05, 0.1) is 11.0 Å². The Hall–Kier alpha value is -2.37. The third-order valence-corrected chi connectivity index (χ3v) is 5.48. The highest BCUT2D eigenvalue weighted by Gasteiger charge is 2.25. The van der Waals surface area contributed by atoms with Crippen molar-refractivity contribution in [3.63, 3.8) is 0 Å². The Morgan fingerprint density at radius 3 is 2.85 bits per heavy atom. The molecule has 5 heteroatoms. The maximum atomic E-state index is 4.59. The van der Waals surface area contributed by atoms with Crippen LogP contribution in [0.25, 0.3) is 11.0 Å². The molecule has 5 nitrogen and oxygen atoms in total. The van der Waals surface area contributed by atoms with Crippen molar-refractivity contribution in [3.05, 3.63) is 66.2 Å². The first-order valence-electron chi connectivity index (χ1n) is 9.87. The van der Waals surface area contributed by atoms with Crippen LogP contribution in [0.15, 0.2) is 55.1 Å². The van der Waals surface area contributed by atoms with Crippen LogP contribution in [0.5, 0.6) is 0 Å². The fraction of sp³-hybridized carbons (Fsp3) is 0.409. The summed E-state index contributed by atoms with van der Waals surface area (Å²) in [5.74, 6) is 0. The Morgan fingerprint density at radius 1 is 1.07 bits per heavy atom. The van der Waals surface area contributed by atoms with Gasteiger partial charge in [0.25, 0.3) is 0 Å². The number of hydrogen-bond acceptors (Lipinski definition) is 5. The Kier molecular flexibility index (Phi) is 5.70. The van der Waals surface area contributed by atoms with E-state index in [1.54, 1.807) is 12.4 Å². The highest BCUT2D eigenvalue weighted by Crippen LogP contribution is 2.22. The van der Waals surface area contributed by atoms with Crippen molar-refractivity contribution in [1.29, 1.82) is 0 Å². The maximum Gasteiger partial charge on any atom is 0.0931 e. The van der Waals surface area contributed by atoms with Gasteiger partial charge >= 0.3 is 0 Å². The Bertz CT molecular complexity index is 861. The predicted octanol–water partition coefficient (Wildman–Crippen LogP) is 3.51. The fourth-order valence-electron chi connectivity index (χ4n) is 4.17. The van der Waals surface area contributed by atoms with Crippen molar-refractivity contribution in [2.24, 2.45) is 0 Å². The summed E-state index contributed by atoms with van der Waals surface area (Å²) in [6.45, 7) is 7.47. The number of pyridine rings is 1. The van der Waals surface area contributed by atoms with Crippen LogP contribution in [-0.2, 0) is 13.1 Å². The van der Waals surface area contributed by atoms with Crippen LogP contribution in [0.4, 0.5) is 0 Å². The summed E-state index contributed by atoms with van der Waals surface area (Å²) in [5.41, 5.74) is 4.47. The number of fused-ring (bicyclic) bond motifs is 1. The lowest BCUT2D eigenvalue weighted by Crippen LogP contribution is -2.39. The number of rotatable bonds is 7. The van der Waals surface area contributed by atoms with Gasteiger partial charge in [-0.3, -0.25) is 24.8 Å². The molecule has 2 aromatic heterocycles. The summed E-state index contributed by atoms with van der Waals surface area (Å²) >= 11 is 0. The highest BCUT2D eigenvalue weighted by molar-refractivity contribution is 5.77. The third kappa shape index (κ3) is 4.31. The van der Waals surface area contributed by atoms with Crippen LogP contribution in [0, 0.1) is 0 Å². The van der Waals surface area contributed by atoms with E-state index in [-0.39, 0.29) is 0 Å². The van der Waals surface area contributed by atoms with Gasteiger partial charge < -0.3 is 0 Å². The number of likely N-dealkylation sites (N-methyl/N-ethyl adjacent to an activating group) is 1. The van der Waals surface area contributed by atoms with Gasteiger partial charge in [0.1, 0.15) is 0 Å². The zero-order valence-electron chi connectivity index (χ0n) is 16.0. The number of para-hydroxylation sites is 1. The summed E-state index contributed by atoms with van der Waals surface area (Å²) in [6, 6.07) is 11.1. The highest BCUT2D eigenvalue weighted by atomic mass is 15.2. The second-order valence-electron chi connectivity index (χ2n) is 7.30. The largest absolute Gasteiger partial charge is 0.299 e. The van der Waals surface area contributed by atoms with Gasteiger partial charge in [-0.2, -0.15) is 0 Å². The Morgan fingerprint density at radius 2 is 2.00 bits per heavy atom. The SMILES string of the molecule is CCN1CCCC1CN(Cc1cccnc1)Cc1cccc2nccnc12. The third-order valence-electron chi connectivity index (χ3n) is 5.48. The molecule has 27 heavy (non-hydrogen) atoms. The van der Waals surface area contributed by atoms with Crippen molar-refractivity contribution >= 4 is 11.0 Å². The molecule has 0 bridgehead atoms. The van der Waals surface area contributed by atoms with E-state index in [4.69, 9.17) is 0 Å². The predicted molar refractivity (Wildman–Crippen MR) is 108 cm³/mol. The lowest BCUT2D eigenvalue weighted by molar-refractivity contribution is 0.166. The van der Waals surface area contributed by atoms with Crippen LogP contribution < -0.4 is 0 Å². The van der Waals surface area contributed by atoms with Crippen molar-refractivity contribution in [2.75, 3.05) is 19.6 Å². The molecule has 1 aliphatic rings. The van der Waals surface area contributed by atoms with Crippen LogP contribution in [0.3, 0.4) is 0 Å². The number of likely N-dealkylation sites (tertiary alicyclic amines) is 1. The molecule has 3 heterocycles. The molecule has 1 unspecified atom stereocenters. The molecule has 1 fully saturated rings. The molecule has 0 saturated carbocycles. The molecule has 3 aromatic rings. The lowest BCUT2D eigenvalue weighted by Gasteiger charge is -2.30. The number of benzene rings is 1. The van der Waals surface area contributed by atoms with Crippen molar-refractivity contribution < 1.29 is 0 Å². The standard InChI is InChI=1S/C22H27N5/c1-2-27-13-5-8-20(27)17-26(15-18-6-4-10-23-14-18)16-19-7-3-9-21-22(19)25-12-11-24-21/h3-4,6-7,9-12,14,20H,2,5,8,13,15-17H2,1H3. The van der Waals surface area contributed by atoms with E-state index < -0.39 is 0 Å². The number of hydrogen-bond donors (Lipinski definition) is 0. The van der Waals surface area contributed by atoms with Crippen molar-refractivity contribution in [1.82, 2.24) is 24.8 Å². The molecule has 140 valence electrons. The molecule has 0 amide bonds. The lowest BCUT2D eigenvalue weighted by atomic mass is 10.1. The van der Waals surface area contributed by atoms with Gasteiger partial charge in [-0.1, -0.05) is 25.1 Å². The quantitative estimate of drug-likeness (QED) is 0.644. The van der Waals surface area contributed by atoms with Gasteiger partial charge in [0.2, 0.25) is 0 Å². The summed E-state index contributed by atoms with van der Waals surface area (Å²) in [4.78, 5) is 18.5. The maximum absolute atomic E-state index is 4.59. The van der Waals surface area contributed by atoms with Crippen LogP contribution in [0.2, 0.25) is 0 Å². The zero-order valence-corrected chi connectivity index (χ0v) is 16.0. The average molecular weight is 361 g/mol. The van der Waals surface area contributed by atoms with Gasteiger partial charge in [0, 0.05) is 50.5 Å². The molecule has 4 rings (SSSR count). The molecule has 0 spiro atoms. The molecule has 1 atom stereocenters. The van der Waals surface area contributed by atoms with Crippen LogP contribution in [0.1, 0.15) is 30.9 Å². The topological polar surface area (TPSA) is 45.2 Å². The molecule has 0 radical (unpaired) electrons. The molecule has 1 aromatic carbocycles. The molecule has 0 aliphatic carbocycles. The van der Waals surface area contributed by atoms with E-state index in [9.17, 15) is 0 Å². The number of aromatic nitrogens is 3. The van der Waals surface area contributed by atoms with Gasteiger partial charge in [0.15, 0.2) is 0 Å². The van der Waals surface area contributed by atoms with E-state index in [1.165, 1.54) is 30.5 Å². The van der Waals surface area contributed by atoms with Gasteiger partial charge in [-0.25, -0.2) is 0 Å². The minimum atomic E-state index is 0.632. The minimum absolute atomic E-state index is 0.632. The van der Waals surface area contributed by atoms with Crippen molar-refractivity contribution in [3.8, 4) is 0 Å². The molecule has 1 aliphatic heterocycles. The van der Waals surface area contributed by atoms with E-state index in [2.05, 4.69) is 49.9 Å². The Labute approximate surface area is 161 Å². The van der Waals surface area contributed by atoms with E-state index in [0.29, 0.717) is 6.04 Å². The first-order valence-corrected chi connectivity index (χ1v) is 9.87. The van der Waals surface area contributed by atoms with E-state index in [0.717, 1.165) is 37.2 Å². The first kappa shape index (κ1) is 18.0. The van der Waals surface area contributed by atoms with E-state index in [1.807, 2.05) is 24.5 Å². The summed E-state index contributed by atoms with van der Waals surface area (Å²) in [6.07, 6.45) is 9.95. The summed E-state index contributed by atoms with van der Waals surface area (Å²) in [7, 11) is 0. The second-order valence-corrected chi connectivity index (χ2v) is 7.30. The minimum Gasteiger partial charge on any atom is -0.299 e.